The van der Waals surface area contributed by atoms with Crippen LogP contribution in [0.4, 0.5) is 0 Å². The van der Waals surface area contributed by atoms with Gasteiger partial charge in [-0.15, -0.1) is 10.1 Å². The zero-order valence-corrected chi connectivity index (χ0v) is 24.4. The molecule has 0 aliphatic carbocycles. The Morgan fingerprint density at radius 3 is 1.07 bits per heavy atom. The number of rotatable bonds is 6. The first-order valence-corrected chi connectivity index (χ1v) is 13.1. The molecule has 17 heteroatoms. The van der Waals surface area contributed by atoms with Gasteiger partial charge in [0.2, 0.25) is 0 Å². The number of aliphatic hydroxyl groups excluding tert-OH is 2. The van der Waals surface area contributed by atoms with E-state index in [0.29, 0.717) is 24.2 Å². The molecule has 0 heterocycles. The number of nitrogens with one attached hydrogen (secondary N) is 2. The van der Waals surface area contributed by atoms with Gasteiger partial charge in [0.25, 0.3) is 5.09 Å². The molecule has 0 radical (unpaired) electrons. The number of hydrogen-bond donors (Lipinski definition) is 11. The summed E-state index contributed by atoms with van der Waals surface area (Å²) in [5.41, 5.74) is 0.822. The van der Waals surface area contributed by atoms with E-state index in [1.54, 1.807) is 0 Å². The first-order valence-electron chi connectivity index (χ1n) is 11.7. The molecule has 0 aliphatic rings. The average Bonchev–Trinajstić information content (AvgIpc) is 2.72. The van der Waals surface area contributed by atoms with E-state index in [9.17, 15) is 30.6 Å². The molecule has 2 unspecified atom stereocenters. The fourth-order valence-electron chi connectivity index (χ4n) is 2.66. The minimum Gasteiger partial charge on any atom is -0.508 e. The number of β-amino-alcohol motifs (C(OH)–C–C–N with tert-alkyl or cyclic N) is 2. The van der Waals surface area contributed by atoms with Gasteiger partial charge in [0, 0.05) is 36.3 Å². The van der Waals surface area contributed by atoms with Crippen molar-refractivity contribution in [3.8, 4) is 23.0 Å². The van der Waals surface area contributed by atoms with Crippen molar-refractivity contribution in [1.29, 1.82) is 0 Å². The van der Waals surface area contributed by atoms with Crippen molar-refractivity contribution in [2.45, 2.75) is 64.8 Å². The summed E-state index contributed by atoms with van der Waals surface area (Å²) in [6, 6.07) is 8.22. The fraction of sp³-hybridized carbons (Fsp3) is 0.500. The van der Waals surface area contributed by atoms with Gasteiger partial charge in [0.15, 0.2) is 0 Å². The van der Waals surface area contributed by atoms with Crippen molar-refractivity contribution in [3.63, 3.8) is 0 Å². The van der Waals surface area contributed by atoms with Crippen LogP contribution in [0.2, 0.25) is 0 Å². The highest BCUT2D eigenvalue weighted by atomic mass is 32.3. The van der Waals surface area contributed by atoms with Gasteiger partial charge in [-0.3, -0.25) is 9.11 Å². The third kappa shape index (κ3) is 26.5. The predicted molar refractivity (Wildman–Crippen MR) is 148 cm³/mol. The van der Waals surface area contributed by atoms with Crippen LogP contribution in [0.1, 0.15) is 64.9 Å². The van der Waals surface area contributed by atoms with Crippen molar-refractivity contribution in [1.82, 2.24) is 10.6 Å². The van der Waals surface area contributed by atoms with Crippen LogP contribution in [-0.2, 0) is 10.4 Å². The van der Waals surface area contributed by atoms with Crippen LogP contribution >= 0.6 is 0 Å². The normalized spacial score (nSPS) is 12.7. The van der Waals surface area contributed by atoms with Crippen LogP contribution in [0.5, 0.6) is 23.0 Å². The topological polar surface area (TPSA) is 283 Å². The third-order valence-electron chi connectivity index (χ3n) is 4.27. The largest absolute Gasteiger partial charge is 0.508 e. The van der Waals surface area contributed by atoms with Crippen LogP contribution < -0.4 is 10.6 Å². The predicted octanol–water partition coefficient (Wildman–Crippen LogP) is 2.04. The van der Waals surface area contributed by atoms with Crippen molar-refractivity contribution >= 4 is 10.4 Å². The lowest BCUT2D eigenvalue weighted by molar-refractivity contribution is -0.742. The number of aromatic hydroxyl groups is 4. The molecule has 11 N–H and O–H groups in total. The Balaban J connectivity index is 0. The lowest BCUT2D eigenvalue weighted by atomic mass is 10.1. The number of benzene rings is 2. The van der Waals surface area contributed by atoms with E-state index >= 15 is 0 Å². The summed E-state index contributed by atoms with van der Waals surface area (Å²) in [4.78, 5) is 8.36. The second kappa shape index (κ2) is 17.4. The maximum absolute atomic E-state index is 9.85. The Labute approximate surface area is 238 Å². The molecule has 2 atom stereocenters. The van der Waals surface area contributed by atoms with E-state index in [4.69, 9.17) is 32.8 Å². The third-order valence-corrected chi connectivity index (χ3v) is 4.27. The van der Waals surface area contributed by atoms with Gasteiger partial charge < -0.3 is 46.5 Å². The van der Waals surface area contributed by atoms with Crippen LogP contribution in [0, 0.1) is 10.1 Å². The lowest BCUT2D eigenvalue weighted by Crippen LogP contribution is -2.38. The number of aliphatic hydroxyl groups is 2. The number of phenolic OH excluding ortho intramolecular Hbond substituents is 4. The maximum atomic E-state index is 9.85. The van der Waals surface area contributed by atoms with E-state index in [1.807, 2.05) is 41.5 Å². The first-order chi connectivity index (χ1) is 18.3. The Kier molecular flexibility index (Phi) is 16.8. The van der Waals surface area contributed by atoms with E-state index in [0.717, 1.165) is 0 Å². The maximum Gasteiger partial charge on any atom is 0.394 e. The fourth-order valence-corrected chi connectivity index (χ4v) is 2.66. The summed E-state index contributed by atoms with van der Waals surface area (Å²) >= 11 is 0. The lowest BCUT2D eigenvalue weighted by Gasteiger charge is -2.23. The molecule has 2 aromatic carbocycles. The van der Waals surface area contributed by atoms with Crippen LogP contribution in [0.3, 0.4) is 0 Å². The quantitative estimate of drug-likeness (QED) is 0.127. The van der Waals surface area contributed by atoms with Gasteiger partial charge in [-0.1, -0.05) is 0 Å². The highest BCUT2D eigenvalue weighted by molar-refractivity contribution is 7.79. The molecule has 0 aromatic heterocycles. The zero-order chi connectivity index (χ0) is 32.8. The van der Waals surface area contributed by atoms with Crippen molar-refractivity contribution in [3.05, 3.63) is 57.6 Å². The van der Waals surface area contributed by atoms with E-state index in [-0.39, 0.29) is 34.1 Å². The second-order valence-electron chi connectivity index (χ2n) is 10.5. The summed E-state index contributed by atoms with van der Waals surface area (Å²) in [5, 5.41) is 76.7. The second-order valence-corrected chi connectivity index (χ2v) is 11.4. The van der Waals surface area contributed by atoms with Gasteiger partial charge in [0.05, 0.1) is 12.2 Å². The summed E-state index contributed by atoms with van der Waals surface area (Å²) in [7, 11) is -4.67. The highest BCUT2D eigenvalue weighted by Crippen LogP contribution is 2.25. The van der Waals surface area contributed by atoms with Crippen molar-refractivity contribution in [2.24, 2.45) is 0 Å². The van der Waals surface area contributed by atoms with Gasteiger partial charge in [-0.25, -0.2) is 0 Å². The zero-order valence-electron chi connectivity index (χ0n) is 23.5. The molecule has 0 spiro atoms. The minimum atomic E-state index is -4.67. The van der Waals surface area contributed by atoms with Crippen LogP contribution in [0.15, 0.2) is 36.4 Å². The molecule has 236 valence electrons. The van der Waals surface area contributed by atoms with Gasteiger partial charge >= 0.3 is 10.4 Å². The summed E-state index contributed by atoms with van der Waals surface area (Å²) in [6.07, 6.45) is -1.51. The van der Waals surface area contributed by atoms with E-state index in [1.165, 1.54) is 36.4 Å². The van der Waals surface area contributed by atoms with E-state index < -0.39 is 27.7 Å². The standard InChI is InChI=1S/2C12H19NO3.HNO3.H2O4S/c2*1-12(2,3)13-7-11(16)8-4-9(14)6-10(15)5-8;2-1(3)4;1-5(2,3)4/h2*4-6,11,13-16H,7H2,1-3H3;(H,2,3,4);(H2,1,2,3,4). The summed E-state index contributed by atoms with van der Waals surface area (Å²) in [6.45, 7) is 12.7. The van der Waals surface area contributed by atoms with E-state index in [2.05, 4.69) is 10.6 Å². The van der Waals surface area contributed by atoms with Crippen molar-refractivity contribution < 1.29 is 58.5 Å². The molecule has 0 amide bonds. The average molecular weight is 612 g/mol. The Morgan fingerprint density at radius 2 is 0.902 bits per heavy atom. The SMILES string of the molecule is CC(C)(C)NCC(O)c1cc(O)cc(O)c1.CC(C)(C)NCC(O)c1cc(O)cc(O)c1.O=S(=O)(O)O.O=[N+]([O-])O. The monoisotopic (exact) mass is 611 g/mol. The minimum absolute atomic E-state index is 0.0511. The van der Waals surface area contributed by atoms with Gasteiger partial charge in [0.1, 0.15) is 23.0 Å². The first kappa shape index (κ1) is 39.7. The number of phenols is 4. The Hall–Kier alpha value is -3.45. The molecule has 0 saturated carbocycles. The number of nitrogens with zero attached hydrogens (tertiary/aromatic N) is 1. The summed E-state index contributed by atoms with van der Waals surface area (Å²) in [5.74, 6) is -0.204. The van der Waals surface area contributed by atoms with Crippen LogP contribution in [0.25, 0.3) is 0 Å². The molecule has 16 nitrogen and oxygen atoms in total. The molecule has 0 fully saturated rings. The van der Waals surface area contributed by atoms with Crippen LogP contribution in [-0.4, -0.2) is 82.6 Å². The molecular weight excluding hydrogens is 570 g/mol. The van der Waals surface area contributed by atoms with Gasteiger partial charge in [-0.2, -0.15) is 8.42 Å². The molecule has 2 aromatic rings. The molecule has 2 rings (SSSR count). The molecule has 0 bridgehead atoms. The summed E-state index contributed by atoms with van der Waals surface area (Å²) < 4.78 is 31.6. The Morgan fingerprint density at radius 1 is 0.707 bits per heavy atom. The molecule has 0 aliphatic heterocycles. The highest BCUT2D eigenvalue weighted by Gasteiger charge is 2.15. The molecular formula is C24H41N3O13S. The molecule has 0 saturated heterocycles. The Bertz CT molecular complexity index is 1060. The number of hydrogen-bond acceptors (Lipinski definition) is 12. The molecule has 41 heavy (non-hydrogen) atoms. The van der Waals surface area contributed by atoms with Crippen molar-refractivity contribution in [2.75, 3.05) is 13.1 Å². The smallest absolute Gasteiger partial charge is 0.394 e. The van der Waals surface area contributed by atoms with Gasteiger partial charge in [-0.05, 0) is 76.9 Å².